The number of likely N-dealkylation sites (N-methyl/N-ethyl adjacent to an activating group) is 1. The van der Waals surface area contributed by atoms with E-state index in [4.69, 9.17) is 9.47 Å². The highest BCUT2D eigenvalue weighted by molar-refractivity contribution is 5.95. The highest BCUT2D eigenvalue weighted by Crippen LogP contribution is 2.28. The van der Waals surface area contributed by atoms with Gasteiger partial charge >= 0.3 is 0 Å². The molecule has 0 spiro atoms. The predicted octanol–water partition coefficient (Wildman–Crippen LogP) is 3.52. The molecule has 3 rings (SSSR count). The molecule has 0 unspecified atom stereocenters. The van der Waals surface area contributed by atoms with Crippen molar-refractivity contribution in [3.63, 3.8) is 0 Å². The lowest BCUT2D eigenvalue weighted by atomic mass is 10.0. The lowest BCUT2D eigenvalue weighted by Crippen LogP contribution is -2.45. The fourth-order valence-electron chi connectivity index (χ4n) is 3.76. The predicted molar refractivity (Wildman–Crippen MR) is 125 cm³/mol. The maximum Gasteiger partial charge on any atom is 0.253 e. The minimum absolute atomic E-state index is 0. The summed E-state index contributed by atoms with van der Waals surface area (Å²) in [6.07, 6.45) is 9.48. The van der Waals surface area contributed by atoms with Crippen molar-refractivity contribution < 1.29 is 14.3 Å². The number of halogens is 2. The topological polar surface area (TPSA) is 54.0 Å². The number of hydrogen-bond donors (Lipinski definition) is 1. The van der Waals surface area contributed by atoms with Gasteiger partial charge in [0, 0.05) is 50.5 Å². The van der Waals surface area contributed by atoms with E-state index in [1.165, 1.54) is 5.70 Å². The Morgan fingerprint density at radius 2 is 1.83 bits per heavy atom. The number of carbonyl (C=O) groups is 1. The summed E-state index contributed by atoms with van der Waals surface area (Å²) >= 11 is 0. The molecule has 1 aromatic carbocycles. The van der Waals surface area contributed by atoms with Gasteiger partial charge in [0.2, 0.25) is 0 Å². The number of amides is 1. The van der Waals surface area contributed by atoms with E-state index >= 15 is 0 Å². The largest absolute Gasteiger partial charge is 0.493 e. The molecule has 2 aliphatic heterocycles. The number of methoxy groups -OCH3 is 2. The number of hydrogen-bond acceptors (Lipinski definition) is 5. The van der Waals surface area contributed by atoms with Crippen molar-refractivity contribution in [2.24, 2.45) is 0 Å². The van der Waals surface area contributed by atoms with Crippen molar-refractivity contribution in [2.75, 3.05) is 47.4 Å². The number of benzene rings is 1. The quantitative estimate of drug-likeness (QED) is 0.678. The van der Waals surface area contributed by atoms with Gasteiger partial charge in [-0.2, -0.15) is 0 Å². The van der Waals surface area contributed by atoms with Crippen LogP contribution in [-0.4, -0.2) is 69.2 Å². The molecule has 0 radical (unpaired) electrons. The molecule has 30 heavy (non-hydrogen) atoms. The Balaban J connectivity index is 0.00000225. The lowest BCUT2D eigenvalue weighted by molar-refractivity contribution is 0.0705. The normalized spacial score (nSPS) is 16.3. The summed E-state index contributed by atoms with van der Waals surface area (Å²) in [5.74, 6) is 1.28. The summed E-state index contributed by atoms with van der Waals surface area (Å²) in [6, 6.07) is 5.82. The number of rotatable bonds is 7. The first-order chi connectivity index (χ1) is 13.6. The van der Waals surface area contributed by atoms with E-state index in [0.29, 0.717) is 23.1 Å². The van der Waals surface area contributed by atoms with Gasteiger partial charge < -0.3 is 24.6 Å². The molecule has 1 amide bonds. The van der Waals surface area contributed by atoms with Gasteiger partial charge in [0.1, 0.15) is 0 Å². The van der Waals surface area contributed by atoms with Gasteiger partial charge in [-0.3, -0.25) is 4.79 Å². The van der Waals surface area contributed by atoms with Crippen molar-refractivity contribution in [3.8, 4) is 11.5 Å². The molecule has 6 nitrogen and oxygen atoms in total. The first-order valence-electron chi connectivity index (χ1n) is 9.94. The Morgan fingerprint density at radius 3 is 2.47 bits per heavy atom. The zero-order valence-electron chi connectivity index (χ0n) is 17.9. The Kier molecular flexibility index (Phi) is 11.1. The maximum atomic E-state index is 12.8. The first-order valence-corrected chi connectivity index (χ1v) is 9.94. The lowest BCUT2D eigenvalue weighted by Gasteiger charge is -2.33. The van der Waals surface area contributed by atoms with Crippen LogP contribution < -0.4 is 14.8 Å². The second-order valence-corrected chi connectivity index (χ2v) is 7.31. The van der Waals surface area contributed by atoms with E-state index in [-0.39, 0.29) is 30.7 Å². The summed E-state index contributed by atoms with van der Waals surface area (Å²) in [6.45, 7) is 3.51. The van der Waals surface area contributed by atoms with E-state index in [2.05, 4.69) is 35.5 Å². The van der Waals surface area contributed by atoms with Gasteiger partial charge in [-0.25, -0.2) is 0 Å². The third kappa shape index (κ3) is 6.56. The average Bonchev–Trinajstić information content (AvgIpc) is 2.74. The summed E-state index contributed by atoms with van der Waals surface area (Å²) in [4.78, 5) is 17.0. The van der Waals surface area contributed by atoms with Crippen LogP contribution >= 0.6 is 24.8 Å². The number of carbonyl (C=O) groups excluding carboxylic acids is 1. The molecule has 0 saturated carbocycles. The summed E-state index contributed by atoms with van der Waals surface area (Å²) in [5, 5.41) is 3.66. The summed E-state index contributed by atoms with van der Waals surface area (Å²) in [7, 11) is 5.31. The van der Waals surface area contributed by atoms with E-state index in [0.717, 1.165) is 45.4 Å². The molecule has 168 valence electrons. The summed E-state index contributed by atoms with van der Waals surface area (Å²) in [5.41, 5.74) is 2.01. The standard InChI is InChI=1S/C22H31N3O3.2ClH/c1-24-13-5-4-6-19(24)9-12-23-18-10-14-25(15-11-18)22(26)17-7-8-20(27-2)21(16-17)28-3;;/h4-8,16,18,23H,9-15H2,1-3H3;2*1H. The molecule has 0 atom stereocenters. The number of allylic oxidation sites excluding steroid dienone is 2. The van der Waals surface area contributed by atoms with Crippen LogP contribution in [0.5, 0.6) is 11.5 Å². The van der Waals surface area contributed by atoms with Gasteiger partial charge in [0.15, 0.2) is 11.5 Å². The van der Waals surface area contributed by atoms with Crippen molar-refractivity contribution in [2.45, 2.75) is 25.3 Å². The summed E-state index contributed by atoms with van der Waals surface area (Å²) < 4.78 is 10.6. The molecule has 1 aromatic rings. The second-order valence-electron chi connectivity index (χ2n) is 7.31. The van der Waals surface area contributed by atoms with Crippen molar-refractivity contribution in [1.29, 1.82) is 0 Å². The van der Waals surface area contributed by atoms with Gasteiger partial charge in [-0.1, -0.05) is 12.2 Å². The molecular formula is C22H33Cl2N3O3. The second kappa shape index (κ2) is 12.7. The monoisotopic (exact) mass is 457 g/mol. The molecule has 1 N–H and O–H groups in total. The minimum Gasteiger partial charge on any atom is -0.493 e. The van der Waals surface area contributed by atoms with E-state index in [1.807, 2.05) is 4.90 Å². The van der Waals surface area contributed by atoms with E-state index in [1.54, 1.807) is 32.4 Å². The molecule has 2 heterocycles. The van der Waals surface area contributed by atoms with Crippen LogP contribution in [0, 0.1) is 0 Å². The molecule has 0 bridgehead atoms. The molecule has 0 aromatic heterocycles. The molecule has 0 aliphatic carbocycles. The first kappa shape index (κ1) is 26.1. The number of likely N-dealkylation sites (tertiary alicyclic amines) is 1. The third-order valence-corrected chi connectivity index (χ3v) is 5.52. The van der Waals surface area contributed by atoms with Crippen LogP contribution in [0.15, 0.2) is 42.1 Å². The Hall–Kier alpha value is -1.89. The highest BCUT2D eigenvalue weighted by Gasteiger charge is 2.24. The van der Waals surface area contributed by atoms with Crippen molar-refractivity contribution >= 4 is 30.7 Å². The van der Waals surface area contributed by atoms with Crippen LogP contribution in [0.25, 0.3) is 0 Å². The van der Waals surface area contributed by atoms with Crippen LogP contribution in [0.4, 0.5) is 0 Å². The van der Waals surface area contributed by atoms with Crippen LogP contribution in [0.3, 0.4) is 0 Å². The number of nitrogens with zero attached hydrogens (tertiary/aromatic N) is 2. The molecule has 2 aliphatic rings. The fourth-order valence-corrected chi connectivity index (χ4v) is 3.76. The van der Waals surface area contributed by atoms with Crippen LogP contribution in [-0.2, 0) is 0 Å². The van der Waals surface area contributed by atoms with Gasteiger partial charge in [-0.05, 0) is 43.5 Å². The van der Waals surface area contributed by atoms with Crippen LogP contribution in [0.1, 0.15) is 29.6 Å². The SMILES string of the molecule is COc1ccc(C(=O)N2CCC(NCCC3=CC=CCN3C)CC2)cc1OC.Cl.Cl. The molecular weight excluding hydrogens is 425 g/mol. The fraction of sp³-hybridized carbons (Fsp3) is 0.500. The zero-order chi connectivity index (χ0) is 19.9. The zero-order valence-corrected chi connectivity index (χ0v) is 19.6. The number of ether oxygens (including phenoxy) is 2. The number of nitrogens with one attached hydrogen (secondary N) is 1. The Labute approximate surface area is 192 Å². The van der Waals surface area contributed by atoms with Crippen molar-refractivity contribution in [1.82, 2.24) is 15.1 Å². The smallest absolute Gasteiger partial charge is 0.253 e. The van der Waals surface area contributed by atoms with Gasteiger partial charge in [-0.15, -0.1) is 24.8 Å². The van der Waals surface area contributed by atoms with Crippen LogP contribution in [0.2, 0.25) is 0 Å². The average molecular weight is 458 g/mol. The minimum atomic E-state index is 0. The molecule has 1 saturated heterocycles. The Bertz CT molecular complexity index is 747. The highest BCUT2D eigenvalue weighted by atomic mass is 35.5. The molecule has 1 fully saturated rings. The maximum absolute atomic E-state index is 12.8. The number of piperidine rings is 1. The van der Waals surface area contributed by atoms with E-state index < -0.39 is 0 Å². The van der Waals surface area contributed by atoms with Crippen molar-refractivity contribution in [3.05, 3.63) is 47.7 Å². The molecule has 8 heteroatoms. The van der Waals surface area contributed by atoms with Gasteiger partial charge in [0.25, 0.3) is 5.91 Å². The van der Waals surface area contributed by atoms with Gasteiger partial charge in [0.05, 0.1) is 14.2 Å². The third-order valence-electron chi connectivity index (χ3n) is 5.52. The Morgan fingerprint density at radius 1 is 1.13 bits per heavy atom. The van der Waals surface area contributed by atoms with E-state index in [9.17, 15) is 4.79 Å².